The lowest BCUT2D eigenvalue weighted by molar-refractivity contribution is -0.147. The van der Waals surface area contributed by atoms with E-state index in [2.05, 4.69) is 49.5 Å². The van der Waals surface area contributed by atoms with E-state index in [-0.39, 0.29) is 18.0 Å². The van der Waals surface area contributed by atoms with Gasteiger partial charge in [0, 0.05) is 12.8 Å². The molecule has 0 aromatic heterocycles. The Morgan fingerprint density at radius 1 is 0.612 bits per heavy atom. The van der Waals surface area contributed by atoms with Gasteiger partial charge in [-0.05, 0) is 96.1 Å². The Hall–Kier alpha value is -2.41. The summed E-state index contributed by atoms with van der Waals surface area (Å²) in [6.45, 7) is 4.89. The summed E-state index contributed by atoms with van der Waals surface area (Å²) in [6, 6.07) is -0.874. The fraction of sp³-hybridized carbons (Fsp3) is 0.786. The van der Waals surface area contributed by atoms with Gasteiger partial charge in [0.15, 0.2) is 0 Å². The Kier molecular flexibility index (Phi) is 35.0. The SMILES string of the molecule is CCCCCC/C=C\C/C=C\C(CCCCCCC(=O)NC(CCCN)C(=O)O)OC(=O)CCCCCCC/C=C\CCCCCCCC. The van der Waals surface area contributed by atoms with Crippen molar-refractivity contribution in [3.63, 3.8) is 0 Å². The van der Waals surface area contributed by atoms with Crippen molar-refractivity contribution in [3.05, 3.63) is 36.5 Å². The first-order valence-corrected chi connectivity index (χ1v) is 20.3. The molecule has 0 aliphatic heterocycles. The third-order valence-electron chi connectivity index (χ3n) is 8.91. The van der Waals surface area contributed by atoms with E-state index >= 15 is 0 Å². The molecule has 1 amide bonds. The lowest BCUT2D eigenvalue weighted by atomic mass is 10.1. The summed E-state index contributed by atoms with van der Waals surface area (Å²) in [7, 11) is 0. The number of allylic oxidation sites excluding steroid dienone is 5. The summed E-state index contributed by atoms with van der Waals surface area (Å²) in [5, 5.41) is 11.9. The van der Waals surface area contributed by atoms with Crippen molar-refractivity contribution in [2.75, 3.05) is 6.54 Å². The van der Waals surface area contributed by atoms with Crippen LogP contribution in [0.3, 0.4) is 0 Å². The van der Waals surface area contributed by atoms with Crippen LogP contribution in [0, 0.1) is 0 Å². The fourth-order valence-corrected chi connectivity index (χ4v) is 5.80. The van der Waals surface area contributed by atoms with Gasteiger partial charge in [0.2, 0.25) is 5.91 Å². The quantitative estimate of drug-likeness (QED) is 0.0342. The first-order chi connectivity index (χ1) is 23.9. The zero-order valence-electron chi connectivity index (χ0n) is 31.8. The van der Waals surface area contributed by atoms with Crippen molar-refractivity contribution in [1.29, 1.82) is 0 Å². The molecule has 0 saturated heterocycles. The molecule has 0 heterocycles. The first kappa shape index (κ1) is 46.6. The highest BCUT2D eigenvalue weighted by Gasteiger charge is 2.19. The van der Waals surface area contributed by atoms with Gasteiger partial charge in [0.05, 0.1) is 0 Å². The first-order valence-electron chi connectivity index (χ1n) is 20.3. The standard InChI is InChI=1S/C42H76N2O5/c1-3-5-7-9-11-13-14-15-16-17-18-20-22-24-30-36-41(46)49-38(32-27-23-21-19-12-10-8-6-4-2)33-28-25-26-29-35-40(45)44-39(42(47)48)34-31-37-43/h15-16,19,21,27,32,38-39H,3-14,17-18,20,22-26,28-31,33-37,43H2,1-2H3,(H,44,45)(H,47,48)/b16-15-,21-19-,32-27-. The Morgan fingerprint density at radius 2 is 1.12 bits per heavy atom. The molecule has 0 rings (SSSR count). The number of carboxylic acids is 1. The topological polar surface area (TPSA) is 119 Å². The molecule has 0 spiro atoms. The third-order valence-corrected chi connectivity index (χ3v) is 8.91. The van der Waals surface area contributed by atoms with Crippen LogP contribution in [-0.4, -0.2) is 41.6 Å². The molecular weight excluding hydrogens is 612 g/mol. The number of amides is 1. The molecule has 7 heteroatoms. The molecule has 7 nitrogen and oxygen atoms in total. The van der Waals surface area contributed by atoms with Crippen LogP contribution in [0.2, 0.25) is 0 Å². The summed E-state index contributed by atoms with van der Waals surface area (Å²) in [4.78, 5) is 36.2. The number of carbonyl (C=O) groups excluding carboxylic acids is 2. The maximum atomic E-state index is 12.7. The van der Waals surface area contributed by atoms with Crippen LogP contribution in [0.5, 0.6) is 0 Å². The lowest BCUT2D eigenvalue weighted by Crippen LogP contribution is -2.40. The maximum Gasteiger partial charge on any atom is 0.326 e. The number of carbonyl (C=O) groups is 3. The number of esters is 1. The third kappa shape index (κ3) is 33.8. The summed E-state index contributed by atoms with van der Waals surface area (Å²) < 4.78 is 5.90. The van der Waals surface area contributed by atoms with Gasteiger partial charge in [-0.3, -0.25) is 9.59 Å². The van der Waals surface area contributed by atoms with Crippen LogP contribution in [0.1, 0.15) is 194 Å². The molecule has 0 fully saturated rings. The molecule has 2 atom stereocenters. The van der Waals surface area contributed by atoms with Crippen LogP contribution in [0.4, 0.5) is 0 Å². The van der Waals surface area contributed by atoms with E-state index in [0.717, 1.165) is 64.2 Å². The van der Waals surface area contributed by atoms with E-state index in [1.807, 2.05) is 6.08 Å². The minimum atomic E-state index is -1.02. The minimum absolute atomic E-state index is 0.113. The van der Waals surface area contributed by atoms with Crippen molar-refractivity contribution in [1.82, 2.24) is 5.32 Å². The molecule has 0 saturated carbocycles. The van der Waals surface area contributed by atoms with Crippen molar-refractivity contribution < 1.29 is 24.2 Å². The monoisotopic (exact) mass is 689 g/mol. The predicted molar refractivity (Wildman–Crippen MR) is 207 cm³/mol. The fourth-order valence-electron chi connectivity index (χ4n) is 5.80. The molecule has 0 aliphatic rings. The molecule has 0 bridgehead atoms. The highest BCUT2D eigenvalue weighted by molar-refractivity contribution is 5.83. The number of unbranched alkanes of at least 4 members (excludes halogenated alkanes) is 18. The van der Waals surface area contributed by atoms with E-state index < -0.39 is 12.0 Å². The Morgan fingerprint density at radius 3 is 1.71 bits per heavy atom. The minimum Gasteiger partial charge on any atom is -0.480 e. The molecular formula is C42H76N2O5. The number of nitrogens with two attached hydrogens (primary N) is 1. The predicted octanol–water partition coefficient (Wildman–Crippen LogP) is 11.1. The largest absolute Gasteiger partial charge is 0.480 e. The van der Waals surface area contributed by atoms with Crippen LogP contribution in [-0.2, 0) is 19.1 Å². The molecule has 284 valence electrons. The second-order valence-electron chi connectivity index (χ2n) is 13.7. The highest BCUT2D eigenvalue weighted by atomic mass is 16.5. The summed E-state index contributed by atoms with van der Waals surface area (Å²) in [5.41, 5.74) is 5.47. The number of hydrogen-bond donors (Lipinski definition) is 3. The van der Waals surface area contributed by atoms with E-state index in [9.17, 15) is 19.5 Å². The summed E-state index contributed by atoms with van der Waals surface area (Å²) >= 11 is 0. The Bertz CT molecular complexity index is 869. The number of carboxylic acid groups (broad SMARTS) is 1. The molecule has 0 aromatic rings. The lowest BCUT2D eigenvalue weighted by Gasteiger charge is -2.15. The van der Waals surface area contributed by atoms with E-state index in [4.69, 9.17) is 10.5 Å². The Balaban J connectivity index is 4.37. The van der Waals surface area contributed by atoms with Gasteiger partial charge in [-0.2, -0.15) is 0 Å². The van der Waals surface area contributed by atoms with Gasteiger partial charge in [-0.15, -0.1) is 0 Å². The van der Waals surface area contributed by atoms with Crippen molar-refractivity contribution in [3.8, 4) is 0 Å². The normalized spacial score (nSPS) is 13.0. The van der Waals surface area contributed by atoms with Crippen LogP contribution in [0.25, 0.3) is 0 Å². The average Bonchev–Trinajstić information content (AvgIpc) is 3.08. The van der Waals surface area contributed by atoms with Crippen molar-refractivity contribution in [2.24, 2.45) is 5.73 Å². The Labute approximate surface area is 301 Å². The van der Waals surface area contributed by atoms with Gasteiger partial charge < -0.3 is 20.9 Å². The number of nitrogens with one attached hydrogen (secondary N) is 1. The number of rotatable bonds is 36. The molecule has 4 N–H and O–H groups in total. The zero-order valence-corrected chi connectivity index (χ0v) is 31.8. The van der Waals surface area contributed by atoms with E-state index in [1.165, 1.54) is 83.5 Å². The van der Waals surface area contributed by atoms with E-state index in [1.54, 1.807) is 0 Å². The molecule has 0 aromatic carbocycles. The number of ether oxygens (including phenoxy) is 1. The maximum absolute atomic E-state index is 12.7. The van der Waals surface area contributed by atoms with Crippen LogP contribution < -0.4 is 11.1 Å². The molecule has 49 heavy (non-hydrogen) atoms. The molecule has 0 aliphatic carbocycles. The number of hydrogen-bond acceptors (Lipinski definition) is 5. The van der Waals surface area contributed by atoms with Crippen molar-refractivity contribution >= 4 is 17.8 Å². The second-order valence-corrected chi connectivity index (χ2v) is 13.7. The van der Waals surface area contributed by atoms with E-state index in [0.29, 0.717) is 38.6 Å². The van der Waals surface area contributed by atoms with Crippen LogP contribution >= 0.6 is 0 Å². The van der Waals surface area contributed by atoms with Gasteiger partial charge in [-0.1, -0.05) is 128 Å². The van der Waals surface area contributed by atoms with Gasteiger partial charge in [0.25, 0.3) is 0 Å². The molecule has 0 radical (unpaired) electrons. The van der Waals surface area contributed by atoms with Gasteiger partial charge in [-0.25, -0.2) is 4.79 Å². The summed E-state index contributed by atoms with van der Waals surface area (Å²) in [6.07, 6.45) is 42.0. The average molecular weight is 689 g/mol. The van der Waals surface area contributed by atoms with Gasteiger partial charge >= 0.3 is 11.9 Å². The second kappa shape index (κ2) is 36.9. The number of aliphatic carboxylic acids is 1. The smallest absolute Gasteiger partial charge is 0.326 e. The molecule has 2 unspecified atom stereocenters. The van der Waals surface area contributed by atoms with Crippen molar-refractivity contribution in [2.45, 2.75) is 206 Å². The van der Waals surface area contributed by atoms with Gasteiger partial charge in [0.1, 0.15) is 12.1 Å². The summed E-state index contributed by atoms with van der Waals surface area (Å²) in [5.74, 6) is -1.36. The zero-order chi connectivity index (χ0) is 36.0. The van der Waals surface area contributed by atoms with Crippen LogP contribution in [0.15, 0.2) is 36.5 Å². The highest BCUT2D eigenvalue weighted by Crippen LogP contribution is 2.15.